The Morgan fingerprint density at radius 2 is 1.78 bits per heavy atom. The molecule has 3 nitrogen and oxygen atoms in total. The van der Waals surface area contributed by atoms with E-state index in [2.05, 4.69) is 36.5 Å². The molecule has 96 valence electrons. The Morgan fingerprint density at radius 3 is 2.39 bits per heavy atom. The van der Waals surface area contributed by atoms with Gasteiger partial charge in [-0.1, -0.05) is 25.5 Å². The van der Waals surface area contributed by atoms with Crippen LogP contribution in [-0.4, -0.2) is 5.11 Å². The summed E-state index contributed by atoms with van der Waals surface area (Å²) in [6, 6.07) is 12.1. The van der Waals surface area contributed by atoms with E-state index in [1.807, 2.05) is 6.07 Å². The van der Waals surface area contributed by atoms with E-state index < -0.39 is 0 Å². The molecular formula is C15H19NO2. The van der Waals surface area contributed by atoms with Crippen LogP contribution in [0.2, 0.25) is 0 Å². The molecule has 0 saturated carbocycles. The molecule has 1 aromatic heterocycles. The maximum absolute atomic E-state index is 8.90. The first kappa shape index (κ1) is 12.7. The van der Waals surface area contributed by atoms with Gasteiger partial charge in [0.2, 0.25) is 0 Å². The minimum atomic E-state index is -0.0499. The maximum atomic E-state index is 8.90. The van der Waals surface area contributed by atoms with E-state index in [0.29, 0.717) is 12.3 Å². The van der Waals surface area contributed by atoms with Crippen LogP contribution in [0.4, 0.5) is 5.69 Å². The highest BCUT2D eigenvalue weighted by atomic mass is 16.4. The van der Waals surface area contributed by atoms with Crippen LogP contribution in [0.1, 0.15) is 30.4 Å². The average molecular weight is 245 g/mol. The van der Waals surface area contributed by atoms with E-state index in [0.717, 1.165) is 17.9 Å². The van der Waals surface area contributed by atoms with E-state index in [1.165, 1.54) is 12.0 Å². The van der Waals surface area contributed by atoms with Gasteiger partial charge in [-0.15, -0.1) is 0 Å². The summed E-state index contributed by atoms with van der Waals surface area (Å²) in [7, 11) is 0. The van der Waals surface area contributed by atoms with Crippen molar-refractivity contribution in [2.45, 2.75) is 32.9 Å². The first-order valence-electron chi connectivity index (χ1n) is 6.33. The van der Waals surface area contributed by atoms with Crippen molar-refractivity contribution in [2.75, 3.05) is 5.32 Å². The molecule has 1 aromatic carbocycles. The Hall–Kier alpha value is -1.74. The standard InChI is InChI=1S/C15H19NO2/c1-2-3-12-4-6-13(7-5-12)16-10-14-8-9-15(11-17)18-14/h4-9,16-17H,2-3,10-11H2,1H3. The van der Waals surface area contributed by atoms with Gasteiger partial charge in [-0.05, 0) is 36.2 Å². The molecule has 2 N–H and O–H groups in total. The topological polar surface area (TPSA) is 45.4 Å². The predicted molar refractivity (Wildman–Crippen MR) is 72.4 cm³/mol. The third kappa shape index (κ3) is 3.37. The fourth-order valence-corrected chi connectivity index (χ4v) is 1.87. The van der Waals surface area contributed by atoms with Crippen LogP contribution in [0.25, 0.3) is 0 Å². The highest BCUT2D eigenvalue weighted by Crippen LogP contribution is 2.14. The molecule has 0 amide bonds. The number of hydrogen-bond acceptors (Lipinski definition) is 3. The van der Waals surface area contributed by atoms with Crippen LogP contribution >= 0.6 is 0 Å². The van der Waals surface area contributed by atoms with E-state index in [-0.39, 0.29) is 6.61 Å². The average Bonchev–Trinajstić information content (AvgIpc) is 2.86. The largest absolute Gasteiger partial charge is 0.462 e. The van der Waals surface area contributed by atoms with Crippen LogP contribution in [-0.2, 0) is 19.6 Å². The van der Waals surface area contributed by atoms with E-state index >= 15 is 0 Å². The molecule has 0 saturated heterocycles. The van der Waals surface area contributed by atoms with Crippen LogP contribution in [0.15, 0.2) is 40.8 Å². The number of anilines is 1. The molecule has 0 aliphatic rings. The zero-order chi connectivity index (χ0) is 12.8. The second-order valence-corrected chi connectivity index (χ2v) is 4.33. The van der Waals surface area contributed by atoms with Gasteiger partial charge < -0.3 is 14.8 Å². The SMILES string of the molecule is CCCc1ccc(NCc2ccc(CO)o2)cc1. The summed E-state index contributed by atoms with van der Waals surface area (Å²) in [5.41, 5.74) is 2.44. The number of aryl methyl sites for hydroxylation is 1. The van der Waals surface area contributed by atoms with Gasteiger partial charge in [0.05, 0.1) is 6.54 Å². The van der Waals surface area contributed by atoms with Crippen LogP contribution in [0.3, 0.4) is 0 Å². The Bertz CT molecular complexity index is 473. The van der Waals surface area contributed by atoms with Crippen molar-refractivity contribution in [3.63, 3.8) is 0 Å². The fourth-order valence-electron chi connectivity index (χ4n) is 1.87. The smallest absolute Gasteiger partial charge is 0.129 e. The first-order chi connectivity index (χ1) is 8.81. The third-order valence-corrected chi connectivity index (χ3v) is 2.83. The molecule has 2 aromatic rings. The van der Waals surface area contributed by atoms with Gasteiger partial charge in [0.25, 0.3) is 0 Å². The van der Waals surface area contributed by atoms with Crippen molar-refractivity contribution < 1.29 is 9.52 Å². The Labute approximate surface area is 107 Å². The van der Waals surface area contributed by atoms with Gasteiger partial charge in [0.15, 0.2) is 0 Å². The molecule has 0 aliphatic carbocycles. The fraction of sp³-hybridized carbons (Fsp3) is 0.333. The number of aliphatic hydroxyl groups excluding tert-OH is 1. The lowest BCUT2D eigenvalue weighted by Gasteiger charge is -2.05. The second kappa shape index (κ2) is 6.26. The number of rotatable bonds is 6. The minimum Gasteiger partial charge on any atom is -0.462 e. The Balaban J connectivity index is 1.89. The molecule has 0 fully saturated rings. The molecule has 18 heavy (non-hydrogen) atoms. The van der Waals surface area contributed by atoms with Crippen molar-refractivity contribution >= 4 is 5.69 Å². The van der Waals surface area contributed by atoms with Crippen molar-refractivity contribution in [1.82, 2.24) is 0 Å². The number of hydrogen-bond donors (Lipinski definition) is 2. The number of nitrogens with one attached hydrogen (secondary N) is 1. The monoisotopic (exact) mass is 245 g/mol. The summed E-state index contributed by atoms with van der Waals surface area (Å²) in [5.74, 6) is 1.43. The van der Waals surface area contributed by atoms with Gasteiger partial charge >= 0.3 is 0 Å². The number of benzene rings is 1. The summed E-state index contributed by atoms with van der Waals surface area (Å²) in [4.78, 5) is 0. The van der Waals surface area contributed by atoms with Crippen molar-refractivity contribution in [1.29, 1.82) is 0 Å². The summed E-state index contributed by atoms with van der Waals surface area (Å²) in [6.45, 7) is 2.76. The summed E-state index contributed by atoms with van der Waals surface area (Å²) >= 11 is 0. The third-order valence-electron chi connectivity index (χ3n) is 2.83. The molecule has 2 rings (SSSR count). The van der Waals surface area contributed by atoms with Crippen LogP contribution in [0.5, 0.6) is 0 Å². The minimum absolute atomic E-state index is 0.0499. The second-order valence-electron chi connectivity index (χ2n) is 4.33. The summed E-state index contributed by atoms with van der Waals surface area (Å²) < 4.78 is 5.40. The molecule has 0 radical (unpaired) electrons. The van der Waals surface area contributed by atoms with Crippen molar-refractivity contribution in [3.05, 3.63) is 53.5 Å². The lowest BCUT2D eigenvalue weighted by atomic mass is 10.1. The summed E-state index contributed by atoms with van der Waals surface area (Å²) in [5, 5.41) is 12.2. The molecule has 0 aliphatic heterocycles. The maximum Gasteiger partial charge on any atom is 0.129 e. The van der Waals surface area contributed by atoms with Crippen LogP contribution in [0, 0.1) is 0 Å². The summed E-state index contributed by atoms with van der Waals surface area (Å²) in [6.07, 6.45) is 2.29. The van der Waals surface area contributed by atoms with E-state index in [1.54, 1.807) is 6.07 Å². The van der Waals surface area contributed by atoms with E-state index in [4.69, 9.17) is 9.52 Å². The molecule has 0 spiro atoms. The molecule has 0 bridgehead atoms. The van der Waals surface area contributed by atoms with Crippen molar-refractivity contribution in [3.8, 4) is 0 Å². The first-order valence-corrected chi connectivity index (χ1v) is 6.33. The zero-order valence-electron chi connectivity index (χ0n) is 10.6. The van der Waals surface area contributed by atoms with Gasteiger partial charge in [0, 0.05) is 5.69 Å². The highest BCUT2D eigenvalue weighted by molar-refractivity contribution is 5.44. The lowest BCUT2D eigenvalue weighted by molar-refractivity contribution is 0.244. The zero-order valence-corrected chi connectivity index (χ0v) is 10.6. The number of aliphatic hydroxyl groups is 1. The molecule has 1 heterocycles. The molecular weight excluding hydrogens is 226 g/mol. The van der Waals surface area contributed by atoms with Crippen LogP contribution < -0.4 is 5.32 Å². The van der Waals surface area contributed by atoms with Gasteiger partial charge in [-0.2, -0.15) is 0 Å². The van der Waals surface area contributed by atoms with Crippen molar-refractivity contribution in [2.24, 2.45) is 0 Å². The normalized spacial score (nSPS) is 10.6. The molecule has 0 atom stereocenters. The van der Waals surface area contributed by atoms with Gasteiger partial charge in [-0.3, -0.25) is 0 Å². The van der Waals surface area contributed by atoms with Gasteiger partial charge in [-0.25, -0.2) is 0 Å². The Morgan fingerprint density at radius 1 is 1.06 bits per heavy atom. The highest BCUT2D eigenvalue weighted by Gasteiger charge is 2.00. The van der Waals surface area contributed by atoms with Gasteiger partial charge in [0.1, 0.15) is 18.1 Å². The number of furan rings is 1. The Kier molecular flexibility index (Phi) is 4.42. The molecule has 3 heteroatoms. The predicted octanol–water partition coefficient (Wildman–Crippen LogP) is 3.34. The quantitative estimate of drug-likeness (QED) is 0.820. The van der Waals surface area contributed by atoms with E-state index in [9.17, 15) is 0 Å². The molecule has 0 unspecified atom stereocenters. The lowest BCUT2D eigenvalue weighted by Crippen LogP contribution is -1.98.